The SMILES string of the molecule is COC(=O)COc1c(C)c(C)c(Cl)c2c(=O)c3ccccc3sc12. The number of fused-ring (bicyclic) bond motifs is 2. The van der Waals surface area contributed by atoms with Gasteiger partial charge in [0.25, 0.3) is 0 Å². The van der Waals surface area contributed by atoms with Crippen LogP contribution in [0.5, 0.6) is 5.75 Å². The van der Waals surface area contributed by atoms with Crippen molar-refractivity contribution in [1.82, 2.24) is 0 Å². The van der Waals surface area contributed by atoms with Crippen LogP contribution in [-0.4, -0.2) is 19.7 Å². The van der Waals surface area contributed by atoms with Gasteiger partial charge in [0.1, 0.15) is 5.75 Å². The average Bonchev–Trinajstić information content (AvgIpc) is 2.59. The number of methoxy groups -OCH3 is 1. The van der Waals surface area contributed by atoms with E-state index in [2.05, 4.69) is 4.74 Å². The van der Waals surface area contributed by atoms with Crippen molar-refractivity contribution in [3.63, 3.8) is 0 Å². The zero-order valence-electron chi connectivity index (χ0n) is 13.4. The topological polar surface area (TPSA) is 52.6 Å². The van der Waals surface area contributed by atoms with Gasteiger partial charge in [-0.05, 0) is 37.1 Å². The molecule has 0 aliphatic carbocycles. The molecule has 3 aromatic rings. The molecule has 0 unspecified atom stereocenters. The summed E-state index contributed by atoms with van der Waals surface area (Å²) in [6, 6.07) is 7.37. The van der Waals surface area contributed by atoms with E-state index in [0.717, 1.165) is 15.8 Å². The molecule has 1 aromatic heterocycles. The van der Waals surface area contributed by atoms with Gasteiger partial charge in [-0.3, -0.25) is 4.79 Å². The molecule has 0 atom stereocenters. The molecule has 0 aliphatic rings. The third-order valence-corrected chi connectivity index (χ3v) is 5.66. The molecule has 4 nitrogen and oxygen atoms in total. The first-order chi connectivity index (χ1) is 11.5. The largest absolute Gasteiger partial charge is 0.480 e. The van der Waals surface area contributed by atoms with Crippen LogP contribution in [0.2, 0.25) is 5.02 Å². The van der Waals surface area contributed by atoms with Gasteiger partial charge >= 0.3 is 5.97 Å². The van der Waals surface area contributed by atoms with Gasteiger partial charge in [0.15, 0.2) is 12.0 Å². The molecule has 0 saturated carbocycles. The Kier molecular flexibility index (Phi) is 4.47. The number of carbonyl (C=O) groups excluding carboxylic acids is 1. The second-order valence-corrected chi connectivity index (χ2v) is 6.82. The number of esters is 1. The van der Waals surface area contributed by atoms with Crippen molar-refractivity contribution in [2.75, 3.05) is 13.7 Å². The molecule has 0 saturated heterocycles. The van der Waals surface area contributed by atoms with Crippen molar-refractivity contribution in [2.24, 2.45) is 0 Å². The Morgan fingerprint density at radius 3 is 2.62 bits per heavy atom. The fourth-order valence-electron chi connectivity index (χ4n) is 2.56. The van der Waals surface area contributed by atoms with Crippen LogP contribution in [0.15, 0.2) is 29.1 Å². The molecule has 0 fully saturated rings. The Morgan fingerprint density at radius 1 is 1.21 bits per heavy atom. The molecular formula is C18H15ClO4S. The number of ether oxygens (including phenoxy) is 2. The summed E-state index contributed by atoms with van der Waals surface area (Å²) >= 11 is 7.89. The van der Waals surface area contributed by atoms with E-state index in [9.17, 15) is 9.59 Å². The Bertz CT molecular complexity index is 1020. The summed E-state index contributed by atoms with van der Waals surface area (Å²) in [5.74, 6) is 0.0217. The first-order valence-electron chi connectivity index (χ1n) is 7.29. The summed E-state index contributed by atoms with van der Waals surface area (Å²) in [6.07, 6.45) is 0. The Balaban J connectivity index is 2.38. The number of benzene rings is 2. The summed E-state index contributed by atoms with van der Waals surface area (Å²) in [7, 11) is 1.30. The molecule has 124 valence electrons. The van der Waals surface area contributed by atoms with Crippen molar-refractivity contribution < 1.29 is 14.3 Å². The van der Waals surface area contributed by atoms with E-state index in [-0.39, 0.29) is 12.0 Å². The van der Waals surface area contributed by atoms with Gasteiger partial charge in [-0.1, -0.05) is 23.7 Å². The molecule has 0 aliphatic heterocycles. The predicted octanol–water partition coefficient (Wildman–Crippen LogP) is 4.24. The molecule has 0 N–H and O–H groups in total. The zero-order chi connectivity index (χ0) is 17.4. The first-order valence-corrected chi connectivity index (χ1v) is 8.49. The normalized spacial score (nSPS) is 11.0. The summed E-state index contributed by atoms with van der Waals surface area (Å²) in [5.41, 5.74) is 1.45. The van der Waals surface area contributed by atoms with Crippen LogP contribution in [-0.2, 0) is 9.53 Å². The number of rotatable bonds is 3. The first kappa shape index (κ1) is 16.7. The lowest BCUT2D eigenvalue weighted by molar-refractivity contribution is -0.142. The highest BCUT2D eigenvalue weighted by Gasteiger charge is 2.20. The fraction of sp³-hybridized carbons (Fsp3) is 0.222. The van der Waals surface area contributed by atoms with Gasteiger partial charge in [0.05, 0.1) is 22.2 Å². The summed E-state index contributed by atoms with van der Waals surface area (Å²) < 4.78 is 11.8. The second-order valence-electron chi connectivity index (χ2n) is 5.39. The van der Waals surface area contributed by atoms with Gasteiger partial charge < -0.3 is 9.47 Å². The molecular weight excluding hydrogens is 348 g/mol. The smallest absolute Gasteiger partial charge is 0.343 e. The van der Waals surface area contributed by atoms with Crippen LogP contribution in [0.4, 0.5) is 0 Å². The van der Waals surface area contributed by atoms with Crippen LogP contribution >= 0.6 is 22.9 Å². The van der Waals surface area contributed by atoms with E-state index in [1.165, 1.54) is 18.4 Å². The van der Waals surface area contributed by atoms with Crippen molar-refractivity contribution in [2.45, 2.75) is 13.8 Å². The fourth-order valence-corrected chi connectivity index (χ4v) is 4.17. The maximum Gasteiger partial charge on any atom is 0.343 e. The van der Waals surface area contributed by atoms with Gasteiger partial charge in [0, 0.05) is 10.1 Å². The van der Waals surface area contributed by atoms with E-state index >= 15 is 0 Å². The monoisotopic (exact) mass is 362 g/mol. The van der Waals surface area contributed by atoms with Crippen LogP contribution in [0.1, 0.15) is 11.1 Å². The Labute approximate surface area is 147 Å². The van der Waals surface area contributed by atoms with Gasteiger partial charge in [-0.15, -0.1) is 11.3 Å². The maximum atomic E-state index is 12.9. The zero-order valence-corrected chi connectivity index (χ0v) is 15.0. The molecule has 1 heterocycles. The number of hydrogen-bond donors (Lipinski definition) is 0. The quantitative estimate of drug-likeness (QED) is 0.516. The van der Waals surface area contributed by atoms with Crippen molar-refractivity contribution in [3.05, 3.63) is 50.6 Å². The molecule has 0 amide bonds. The third-order valence-electron chi connectivity index (χ3n) is 4.02. The van der Waals surface area contributed by atoms with E-state index in [1.54, 1.807) is 6.07 Å². The number of halogens is 1. The van der Waals surface area contributed by atoms with E-state index in [4.69, 9.17) is 16.3 Å². The summed E-state index contributed by atoms with van der Waals surface area (Å²) in [5, 5.41) is 1.49. The second kappa shape index (κ2) is 6.42. The molecule has 24 heavy (non-hydrogen) atoms. The standard InChI is InChI=1S/C18H15ClO4S/c1-9-10(2)17(23-8-13(20)22-3)18-14(15(9)19)16(21)11-6-4-5-7-12(11)24-18/h4-7H,8H2,1-3H3. The highest BCUT2D eigenvalue weighted by molar-refractivity contribution is 7.25. The van der Waals surface area contributed by atoms with Crippen molar-refractivity contribution >= 4 is 49.1 Å². The highest BCUT2D eigenvalue weighted by atomic mass is 35.5. The lowest BCUT2D eigenvalue weighted by atomic mass is 10.0. The average molecular weight is 363 g/mol. The van der Waals surface area contributed by atoms with Crippen LogP contribution in [0.25, 0.3) is 20.2 Å². The molecule has 0 spiro atoms. The molecule has 0 radical (unpaired) electrons. The lowest BCUT2D eigenvalue weighted by Crippen LogP contribution is -2.14. The van der Waals surface area contributed by atoms with Gasteiger partial charge in [0.2, 0.25) is 0 Å². The van der Waals surface area contributed by atoms with E-state index in [0.29, 0.717) is 26.2 Å². The van der Waals surface area contributed by atoms with Crippen molar-refractivity contribution in [1.29, 1.82) is 0 Å². The number of carbonyl (C=O) groups is 1. The van der Waals surface area contributed by atoms with Gasteiger partial charge in [-0.2, -0.15) is 0 Å². The minimum absolute atomic E-state index is 0.129. The van der Waals surface area contributed by atoms with Crippen LogP contribution in [0, 0.1) is 13.8 Å². The molecule has 3 rings (SSSR count). The van der Waals surface area contributed by atoms with E-state index < -0.39 is 5.97 Å². The maximum absolute atomic E-state index is 12.9. The highest BCUT2D eigenvalue weighted by Crippen LogP contribution is 2.40. The lowest BCUT2D eigenvalue weighted by Gasteiger charge is -2.15. The van der Waals surface area contributed by atoms with Gasteiger partial charge in [-0.25, -0.2) is 4.79 Å². The minimum atomic E-state index is -0.483. The third kappa shape index (κ3) is 2.64. The van der Waals surface area contributed by atoms with E-state index in [1.807, 2.05) is 32.0 Å². The van der Waals surface area contributed by atoms with Crippen LogP contribution < -0.4 is 10.2 Å². The molecule has 0 bridgehead atoms. The Morgan fingerprint density at radius 2 is 1.92 bits per heavy atom. The summed E-state index contributed by atoms with van der Waals surface area (Å²) in [6.45, 7) is 3.47. The molecule has 2 aromatic carbocycles. The Hall–Kier alpha value is -2.11. The van der Waals surface area contributed by atoms with Crippen LogP contribution in [0.3, 0.4) is 0 Å². The summed E-state index contributed by atoms with van der Waals surface area (Å²) in [4.78, 5) is 24.3. The number of hydrogen-bond acceptors (Lipinski definition) is 5. The molecule has 6 heteroatoms. The minimum Gasteiger partial charge on any atom is -0.480 e. The van der Waals surface area contributed by atoms with Crippen molar-refractivity contribution in [3.8, 4) is 5.75 Å². The predicted molar refractivity (Wildman–Crippen MR) is 97.6 cm³/mol.